The second-order valence-electron chi connectivity index (χ2n) is 5.21. The van der Waals surface area contributed by atoms with Gasteiger partial charge in [0.2, 0.25) is 5.89 Å². The normalized spacial score (nSPS) is 15.2. The first-order chi connectivity index (χ1) is 9.87. The molecular weight excluding hydrogens is 297 g/mol. The van der Waals surface area contributed by atoms with Crippen LogP contribution < -0.4 is 4.72 Å². The summed E-state index contributed by atoms with van der Waals surface area (Å²) in [5.74, 6) is 0.172. The van der Waals surface area contributed by atoms with Crippen LogP contribution in [0.3, 0.4) is 0 Å². The third kappa shape index (κ3) is 2.76. The zero-order valence-electron chi connectivity index (χ0n) is 11.6. The molecule has 0 bridgehead atoms. The fourth-order valence-corrected chi connectivity index (χ4v) is 3.12. The largest absolute Gasteiger partial charge is 0.337 e. The standard InChI is InChI=1S/C13H14FN3O3S/c1-7-5-10(6-8(2)11(7)14)21(18,19)17-13-15-12(20-16-13)9-3-4-9/h5-6,9H,3-4H2,1-2H3,(H,16,17). The molecule has 0 radical (unpaired) electrons. The highest BCUT2D eigenvalue weighted by molar-refractivity contribution is 7.92. The maximum Gasteiger partial charge on any atom is 0.277 e. The van der Waals surface area contributed by atoms with Crippen molar-refractivity contribution in [3.8, 4) is 0 Å². The number of nitrogens with zero attached hydrogens (tertiary/aromatic N) is 2. The minimum absolute atomic E-state index is 0.0309. The number of anilines is 1. The first kappa shape index (κ1) is 14.0. The molecule has 2 aromatic rings. The van der Waals surface area contributed by atoms with Gasteiger partial charge < -0.3 is 4.52 Å². The minimum Gasteiger partial charge on any atom is -0.337 e. The average Bonchev–Trinajstić information content (AvgIpc) is 3.16. The van der Waals surface area contributed by atoms with Crippen molar-refractivity contribution in [3.63, 3.8) is 0 Å². The second kappa shape index (κ2) is 4.80. The lowest BCUT2D eigenvalue weighted by molar-refractivity contribution is 0.380. The maximum absolute atomic E-state index is 13.6. The lowest BCUT2D eigenvalue weighted by Crippen LogP contribution is -2.14. The van der Waals surface area contributed by atoms with Crippen molar-refractivity contribution in [2.75, 3.05) is 4.72 Å². The summed E-state index contributed by atoms with van der Waals surface area (Å²) in [4.78, 5) is 3.97. The minimum atomic E-state index is -3.87. The van der Waals surface area contributed by atoms with Crippen LogP contribution in [0.4, 0.5) is 10.3 Å². The molecule has 1 heterocycles. The number of benzene rings is 1. The Hall–Kier alpha value is -1.96. The van der Waals surface area contributed by atoms with Crippen LogP contribution in [0, 0.1) is 19.7 Å². The van der Waals surface area contributed by atoms with E-state index in [0.717, 1.165) is 12.8 Å². The molecule has 1 aromatic heterocycles. The van der Waals surface area contributed by atoms with Gasteiger partial charge in [-0.05, 0) is 55.1 Å². The maximum atomic E-state index is 13.6. The zero-order chi connectivity index (χ0) is 15.2. The molecule has 21 heavy (non-hydrogen) atoms. The van der Waals surface area contributed by atoms with Gasteiger partial charge in [0.15, 0.2) is 0 Å². The highest BCUT2D eigenvalue weighted by Gasteiger charge is 2.30. The molecule has 3 rings (SSSR count). The molecule has 1 fully saturated rings. The van der Waals surface area contributed by atoms with Gasteiger partial charge in [-0.25, -0.2) is 17.5 Å². The number of halogens is 1. The zero-order valence-corrected chi connectivity index (χ0v) is 12.4. The first-order valence-corrected chi connectivity index (χ1v) is 7.98. The summed E-state index contributed by atoms with van der Waals surface area (Å²) in [6.45, 7) is 3.03. The molecule has 0 aliphatic heterocycles. The van der Waals surface area contributed by atoms with Gasteiger partial charge in [-0.15, -0.1) is 0 Å². The van der Waals surface area contributed by atoms with Crippen LogP contribution in [0.15, 0.2) is 21.6 Å². The Balaban J connectivity index is 1.88. The molecule has 1 aliphatic rings. The van der Waals surface area contributed by atoms with Crippen LogP contribution in [0.5, 0.6) is 0 Å². The Morgan fingerprint density at radius 3 is 2.48 bits per heavy atom. The quantitative estimate of drug-likeness (QED) is 0.937. The average molecular weight is 311 g/mol. The molecule has 1 aliphatic carbocycles. The predicted octanol–water partition coefficient (Wildman–Crippen LogP) is 2.50. The lowest BCUT2D eigenvalue weighted by Gasteiger charge is -2.07. The summed E-state index contributed by atoms with van der Waals surface area (Å²) >= 11 is 0. The lowest BCUT2D eigenvalue weighted by atomic mass is 10.1. The Bertz CT molecular complexity index is 774. The van der Waals surface area contributed by atoms with E-state index in [9.17, 15) is 12.8 Å². The van der Waals surface area contributed by atoms with Crippen LogP contribution in [0.25, 0.3) is 0 Å². The topological polar surface area (TPSA) is 85.1 Å². The summed E-state index contributed by atoms with van der Waals surface area (Å²) in [6, 6.07) is 2.54. The molecule has 0 spiro atoms. The van der Waals surface area contributed by atoms with E-state index in [-0.39, 0.29) is 27.9 Å². The number of aromatic nitrogens is 2. The number of hydrogen-bond donors (Lipinski definition) is 1. The van der Waals surface area contributed by atoms with Crippen LogP contribution >= 0.6 is 0 Å². The molecule has 1 N–H and O–H groups in total. The number of aryl methyl sites for hydroxylation is 2. The molecular formula is C13H14FN3O3S. The Kier molecular flexibility index (Phi) is 3.20. The summed E-state index contributed by atoms with van der Waals surface area (Å²) in [6.07, 6.45) is 1.95. The van der Waals surface area contributed by atoms with Crippen LogP contribution in [-0.2, 0) is 10.0 Å². The van der Waals surface area contributed by atoms with E-state index in [1.807, 2.05) is 0 Å². The first-order valence-electron chi connectivity index (χ1n) is 6.50. The van der Waals surface area contributed by atoms with Crippen molar-refractivity contribution in [2.24, 2.45) is 0 Å². The van der Waals surface area contributed by atoms with Crippen LogP contribution in [0.1, 0.15) is 35.8 Å². The molecule has 1 saturated carbocycles. The Morgan fingerprint density at radius 1 is 1.29 bits per heavy atom. The van der Waals surface area contributed by atoms with Gasteiger partial charge in [0.25, 0.3) is 16.0 Å². The molecule has 0 unspecified atom stereocenters. The second-order valence-corrected chi connectivity index (χ2v) is 6.89. The molecule has 112 valence electrons. The van der Waals surface area contributed by atoms with Crippen molar-refractivity contribution in [1.82, 2.24) is 10.1 Å². The highest BCUT2D eigenvalue weighted by Crippen LogP contribution is 2.39. The molecule has 8 heteroatoms. The van der Waals surface area contributed by atoms with Gasteiger partial charge in [0, 0.05) is 5.92 Å². The fourth-order valence-electron chi connectivity index (χ4n) is 2.01. The summed E-state index contributed by atoms with van der Waals surface area (Å²) in [5, 5.41) is 3.60. The third-order valence-corrected chi connectivity index (χ3v) is 4.62. The molecule has 1 aromatic carbocycles. The van der Waals surface area contributed by atoms with E-state index in [1.54, 1.807) is 0 Å². The van der Waals surface area contributed by atoms with Gasteiger partial charge in [-0.1, -0.05) is 0 Å². The smallest absolute Gasteiger partial charge is 0.277 e. The Labute approximate surface area is 121 Å². The molecule has 6 nitrogen and oxygen atoms in total. The van der Waals surface area contributed by atoms with Gasteiger partial charge in [0.05, 0.1) is 4.90 Å². The fraction of sp³-hybridized carbons (Fsp3) is 0.385. The third-order valence-electron chi connectivity index (χ3n) is 3.31. The molecule has 0 atom stereocenters. The van der Waals surface area contributed by atoms with E-state index in [1.165, 1.54) is 26.0 Å². The van der Waals surface area contributed by atoms with Gasteiger partial charge in [0.1, 0.15) is 5.82 Å². The van der Waals surface area contributed by atoms with Gasteiger partial charge in [-0.3, -0.25) is 0 Å². The van der Waals surface area contributed by atoms with Crippen molar-refractivity contribution >= 4 is 16.0 Å². The number of nitrogens with one attached hydrogen (secondary N) is 1. The van der Waals surface area contributed by atoms with Gasteiger partial charge >= 0.3 is 0 Å². The van der Waals surface area contributed by atoms with E-state index in [4.69, 9.17) is 4.52 Å². The number of sulfonamides is 1. The van der Waals surface area contributed by atoms with E-state index < -0.39 is 15.8 Å². The van der Waals surface area contributed by atoms with Gasteiger partial charge in [-0.2, -0.15) is 4.98 Å². The summed E-state index contributed by atoms with van der Waals surface area (Å²) in [5.41, 5.74) is 0.532. The number of hydrogen-bond acceptors (Lipinski definition) is 5. The van der Waals surface area contributed by atoms with Crippen molar-refractivity contribution in [1.29, 1.82) is 0 Å². The highest BCUT2D eigenvalue weighted by atomic mass is 32.2. The summed E-state index contributed by atoms with van der Waals surface area (Å²) < 4.78 is 45.3. The van der Waals surface area contributed by atoms with E-state index in [0.29, 0.717) is 5.89 Å². The Morgan fingerprint density at radius 2 is 1.90 bits per heavy atom. The van der Waals surface area contributed by atoms with Crippen molar-refractivity contribution in [3.05, 3.63) is 35.0 Å². The number of rotatable bonds is 4. The molecule has 0 amide bonds. The summed E-state index contributed by atoms with van der Waals surface area (Å²) in [7, 11) is -3.87. The van der Waals surface area contributed by atoms with Crippen LogP contribution in [0.2, 0.25) is 0 Å². The molecule has 0 saturated heterocycles. The van der Waals surface area contributed by atoms with E-state index in [2.05, 4.69) is 14.9 Å². The van der Waals surface area contributed by atoms with Crippen molar-refractivity contribution < 1.29 is 17.3 Å². The predicted molar refractivity (Wildman–Crippen MR) is 73.0 cm³/mol. The SMILES string of the molecule is Cc1cc(S(=O)(=O)Nc2noc(C3CC3)n2)cc(C)c1F. The monoisotopic (exact) mass is 311 g/mol. The van der Waals surface area contributed by atoms with E-state index >= 15 is 0 Å². The van der Waals surface area contributed by atoms with Crippen molar-refractivity contribution in [2.45, 2.75) is 37.5 Å². The van der Waals surface area contributed by atoms with Crippen LogP contribution in [-0.4, -0.2) is 18.6 Å².